The molecule has 1 heterocycles. The van der Waals surface area contributed by atoms with E-state index in [0.29, 0.717) is 20.6 Å². The van der Waals surface area contributed by atoms with Crippen LogP contribution in [0.3, 0.4) is 0 Å². The van der Waals surface area contributed by atoms with Crippen LogP contribution >= 0.6 is 22.6 Å². The van der Waals surface area contributed by atoms with E-state index in [9.17, 15) is 78.0 Å². The number of halogens is 1. The number of ketones is 2. The fraction of sp³-hybridized carbons (Fsp3) is 0.429. The van der Waals surface area contributed by atoms with Crippen molar-refractivity contribution in [2.75, 3.05) is 6.54 Å². The Hall–Kier alpha value is -6.59. The molecule has 21 nitrogen and oxygen atoms in total. The third-order valence-corrected chi connectivity index (χ3v) is 10.5. The SMILES string of the molecule is O=C(O)CC[C@@H](CC(=O)[C@@H](CCC(=O)O)NC(=O)c1cc(I)cc(C(=O)ON2C(=O)CCC2=O)c1)C(=O)N[C@H](CCC(=O)O)C(=O)C[C@H](CCCCNC(=O)c1ccccc1)C(=O)O. The van der Waals surface area contributed by atoms with Gasteiger partial charge in [-0.15, -0.1) is 5.06 Å². The number of benzene rings is 2. The maximum absolute atomic E-state index is 13.8. The average Bonchev–Trinajstić information content (AvgIpc) is 3.56. The number of nitrogens with one attached hydrogen (secondary N) is 3. The highest BCUT2D eigenvalue weighted by atomic mass is 127. The molecule has 0 bridgehead atoms. The first-order chi connectivity index (χ1) is 30.2. The van der Waals surface area contributed by atoms with Crippen LogP contribution in [0.1, 0.15) is 115 Å². The van der Waals surface area contributed by atoms with Crippen molar-refractivity contribution in [2.45, 2.75) is 95.6 Å². The van der Waals surface area contributed by atoms with Gasteiger partial charge in [-0.3, -0.25) is 52.7 Å². The molecular weight excluding hydrogens is 959 g/mol. The first-order valence-corrected chi connectivity index (χ1v) is 21.1. The van der Waals surface area contributed by atoms with Crippen LogP contribution < -0.4 is 16.0 Å². The number of Topliss-reactive ketones (excluding diaryl/α,β-unsaturated/α-hetero) is 2. The summed E-state index contributed by atoms with van der Waals surface area (Å²) in [5.41, 5.74) is -0.0744. The second-order valence-corrected chi connectivity index (χ2v) is 16.0. The Morgan fingerprint density at radius 2 is 1.16 bits per heavy atom. The van der Waals surface area contributed by atoms with Crippen LogP contribution in [-0.4, -0.2) is 115 Å². The van der Waals surface area contributed by atoms with E-state index in [1.54, 1.807) is 52.9 Å². The molecule has 22 heteroatoms. The maximum atomic E-state index is 13.8. The molecule has 5 amide bonds. The van der Waals surface area contributed by atoms with Crippen LogP contribution in [0.2, 0.25) is 0 Å². The molecule has 3 rings (SSSR count). The van der Waals surface area contributed by atoms with Crippen LogP contribution in [0.25, 0.3) is 0 Å². The molecule has 4 atom stereocenters. The Morgan fingerprint density at radius 3 is 1.72 bits per heavy atom. The summed E-state index contributed by atoms with van der Waals surface area (Å²) < 4.78 is 0.293. The number of carboxylic acids is 4. The van der Waals surface area contributed by atoms with Gasteiger partial charge >= 0.3 is 29.8 Å². The zero-order valence-electron chi connectivity index (χ0n) is 34.2. The lowest BCUT2D eigenvalue weighted by atomic mass is 9.89. The number of carbonyl (C=O) groups is 12. The molecule has 2 aromatic rings. The maximum Gasteiger partial charge on any atom is 0.363 e. The number of amides is 5. The fourth-order valence-corrected chi connectivity index (χ4v) is 7.11. The van der Waals surface area contributed by atoms with E-state index in [2.05, 4.69) is 16.0 Å². The Bertz CT molecular complexity index is 2110. The second-order valence-electron chi connectivity index (χ2n) is 14.8. The molecule has 1 aliphatic heterocycles. The average molecular weight is 1010 g/mol. The van der Waals surface area contributed by atoms with Crippen molar-refractivity contribution in [2.24, 2.45) is 11.8 Å². The monoisotopic (exact) mass is 1010 g/mol. The van der Waals surface area contributed by atoms with Gasteiger partial charge in [-0.2, -0.15) is 0 Å². The summed E-state index contributed by atoms with van der Waals surface area (Å²) in [5.74, 6) is -15.1. The van der Waals surface area contributed by atoms with Gasteiger partial charge in [0.2, 0.25) is 5.91 Å². The number of rotatable bonds is 28. The summed E-state index contributed by atoms with van der Waals surface area (Å²) in [6.45, 7) is 0.207. The van der Waals surface area contributed by atoms with Crippen molar-refractivity contribution in [3.63, 3.8) is 0 Å². The molecule has 64 heavy (non-hydrogen) atoms. The number of hydrogen-bond donors (Lipinski definition) is 7. The largest absolute Gasteiger partial charge is 0.481 e. The first kappa shape index (κ1) is 51.8. The van der Waals surface area contributed by atoms with Gasteiger partial charge in [-0.1, -0.05) is 24.6 Å². The zero-order chi connectivity index (χ0) is 47.5. The van der Waals surface area contributed by atoms with E-state index in [1.807, 2.05) is 0 Å². The van der Waals surface area contributed by atoms with Crippen LogP contribution in [0.5, 0.6) is 0 Å². The summed E-state index contributed by atoms with van der Waals surface area (Å²) in [5, 5.41) is 45.8. The molecule has 344 valence electrons. The number of carboxylic acid groups (broad SMARTS) is 4. The first-order valence-electron chi connectivity index (χ1n) is 20.0. The molecule has 7 N–H and O–H groups in total. The molecule has 0 radical (unpaired) electrons. The topological polar surface area (TPSA) is 334 Å². The van der Waals surface area contributed by atoms with E-state index >= 15 is 0 Å². The van der Waals surface area contributed by atoms with E-state index in [-0.39, 0.29) is 49.3 Å². The van der Waals surface area contributed by atoms with Gasteiger partial charge in [0.25, 0.3) is 23.6 Å². The van der Waals surface area contributed by atoms with Crippen molar-refractivity contribution in [3.8, 4) is 0 Å². The molecule has 1 fully saturated rings. The zero-order valence-corrected chi connectivity index (χ0v) is 36.4. The Morgan fingerprint density at radius 1 is 0.625 bits per heavy atom. The summed E-state index contributed by atoms with van der Waals surface area (Å²) in [4.78, 5) is 155. The molecule has 1 aliphatic rings. The number of hydroxylamine groups is 2. The number of carbonyl (C=O) groups excluding carboxylic acids is 8. The Balaban J connectivity index is 1.75. The smallest absolute Gasteiger partial charge is 0.363 e. The molecule has 2 aromatic carbocycles. The quantitative estimate of drug-likeness (QED) is 0.0366. The van der Waals surface area contributed by atoms with Crippen molar-refractivity contribution in [1.82, 2.24) is 21.0 Å². The van der Waals surface area contributed by atoms with E-state index in [4.69, 9.17) is 4.84 Å². The molecule has 0 unspecified atom stereocenters. The molecule has 0 saturated carbocycles. The molecular formula is C42H47IN4O17. The van der Waals surface area contributed by atoms with E-state index in [0.717, 1.165) is 6.07 Å². The Kier molecular flexibility index (Phi) is 20.6. The number of imide groups is 1. The summed E-state index contributed by atoms with van der Waals surface area (Å²) in [6, 6.07) is 8.77. The number of nitrogens with zero attached hydrogens (tertiary/aromatic N) is 1. The highest BCUT2D eigenvalue weighted by molar-refractivity contribution is 14.1. The highest BCUT2D eigenvalue weighted by Gasteiger charge is 2.35. The standard InChI is InChI=1S/C42H47IN4O17/c43-28-19-26(18-27(20-28)42(63)64-47-33(50)12-13-34(47)51)40(60)46-29(10-15-36(54)55)31(48)21-24(9-14-35(52)53)39(59)45-30(11-16-37(56)57)32(49)22-25(41(61)62)8-4-5-17-44-38(58)23-6-2-1-3-7-23/h1-3,6-7,18-20,24-25,29-30H,4-5,8-17,21-22H2,(H,44,58)(H,45,59)(H,46,60)(H,52,53)(H,54,55)(H,56,57)(H,61,62)/t24-,25-,29+,30+/m0/s1. The van der Waals surface area contributed by atoms with Crippen LogP contribution in [0.4, 0.5) is 0 Å². The molecule has 0 aliphatic carbocycles. The minimum atomic E-state index is -1.61. The van der Waals surface area contributed by atoms with Gasteiger partial charge in [-0.05, 0) is 85.0 Å². The van der Waals surface area contributed by atoms with Gasteiger partial charge in [0.05, 0.1) is 23.6 Å². The second kappa shape index (κ2) is 25.5. The van der Waals surface area contributed by atoms with Crippen LogP contribution in [0.15, 0.2) is 48.5 Å². The lowest BCUT2D eigenvalue weighted by Gasteiger charge is -2.24. The normalized spacial score (nSPS) is 14.0. The predicted molar refractivity (Wildman–Crippen MR) is 226 cm³/mol. The van der Waals surface area contributed by atoms with Crippen molar-refractivity contribution >= 4 is 93.5 Å². The van der Waals surface area contributed by atoms with Crippen molar-refractivity contribution in [1.29, 1.82) is 0 Å². The lowest BCUT2D eigenvalue weighted by Crippen LogP contribution is -2.47. The predicted octanol–water partition coefficient (Wildman–Crippen LogP) is 2.53. The molecule has 0 aromatic heterocycles. The van der Waals surface area contributed by atoms with Gasteiger partial charge in [0, 0.05) is 72.1 Å². The summed E-state index contributed by atoms with van der Waals surface area (Å²) >= 11 is 1.75. The fourth-order valence-electron chi connectivity index (χ4n) is 6.44. The summed E-state index contributed by atoms with van der Waals surface area (Å²) in [6.07, 6.45) is -4.67. The minimum absolute atomic E-state index is 0.0186. The van der Waals surface area contributed by atoms with E-state index in [1.165, 1.54) is 12.1 Å². The Labute approximate surface area is 378 Å². The molecule has 1 saturated heterocycles. The van der Waals surface area contributed by atoms with Gasteiger partial charge < -0.3 is 41.2 Å². The minimum Gasteiger partial charge on any atom is -0.481 e. The van der Waals surface area contributed by atoms with Crippen molar-refractivity contribution in [3.05, 3.63) is 68.8 Å². The van der Waals surface area contributed by atoms with Crippen molar-refractivity contribution < 1.29 is 82.8 Å². The third kappa shape index (κ3) is 17.3. The molecule has 0 spiro atoms. The van der Waals surface area contributed by atoms with Crippen LogP contribution in [0, 0.1) is 15.4 Å². The summed E-state index contributed by atoms with van der Waals surface area (Å²) in [7, 11) is 0. The number of unbranched alkanes of at least 4 members (excludes halogenated alkanes) is 1. The van der Waals surface area contributed by atoms with E-state index < -0.39 is 140 Å². The van der Waals surface area contributed by atoms with Crippen LogP contribution in [-0.2, 0) is 48.0 Å². The lowest BCUT2D eigenvalue weighted by molar-refractivity contribution is -0.172. The highest BCUT2D eigenvalue weighted by Crippen LogP contribution is 2.21. The van der Waals surface area contributed by atoms with Gasteiger partial charge in [-0.25, -0.2) is 4.79 Å². The van der Waals surface area contributed by atoms with Gasteiger partial charge in [0.15, 0.2) is 11.6 Å². The third-order valence-electron chi connectivity index (χ3n) is 9.89. The van der Waals surface area contributed by atoms with Gasteiger partial charge in [0.1, 0.15) is 0 Å². The number of aliphatic carboxylic acids is 4. The number of hydrogen-bond acceptors (Lipinski definition) is 13.